The highest BCUT2D eigenvalue weighted by Gasteiger charge is 2.35. The van der Waals surface area contributed by atoms with Gasteiger partial charge in [0.25, 0.3) is 10.0 Å². The summed E-state index contributed by atoms with van der Waals surface area (Å²) in [6, 6.07) is 15.2. The lowest BCUT2D eigenvalue weighted by Crippen LogP contribution is -2.35. The highest BCUT2D eigenvalue weighted by molar-refractivity contribution is 7.90. The van der Waals surface area contributed by atoms with E-state index in [0.29, 0.717) is 47.5 Å². The first kappa shape index (κ1) is 37.8. The molecule has 0 atom stereocenters. The van der Waals surface area contributed by atoms with Crippen LogP contribution in [0.4, 0.5) is 10.5 Å². The van der Waals surface area contributed by atoms with Gasteiger partial charge in [-0.3, -0.25) is 0 Å². The van der Waals surface area contributed by atoms with Crippen molar-refractivity contribution >= 4 is 43.4 Å². The molecule has 13 heteroatoms. The molecule has 48 heavy (non-hydrogen) atoms. The second-order valence-electron chi connectivity index (χ2n) is 13.4. The summed E-state index contributed by atoms with van der Waals surface area (Å²) in [5, 5.41) is 29.5. The van der Waals surface area contributed by atoms with Gasteiger partial charge >= 0.3 is 6.03 Å². The molecule has 0 radical (unpaired) electrons. The second kappa shape index (κ2) is 14.9. The molecule has 3 aromatic carbocycles. The normalized spacial score (nSPS) is 17.2. The number of primary sulfonamides is 1. The molecule has 0 aromatic heterocycles. The van der Waals surface area contributed by atoms with E-state index in [1.807, 2.05) is 27.7 Å². The fraction of sp³-hybridized carbons (Fsp3) is 0.457. The molecule has 0 bridgehead atoms. The van der Waals surface area contributed by atoms with E-state index in [-0.39, 0.29) is 21.6 Å². The molecule has 6 N–H and O–H groups in total. The standard InChI is InChI=1S/C24H31ClN2O4S.C11H15NO3S/c1-15(2)20-13-18(25)14-21(16(3)4)22(20)26-23(28)27-32(30,31)19-9-7-8-17(12-19)24(29)10-5-6-11-24;12-16(14,15)10-5-3-4-9(8-10)11(13)6-1-2-7-11/h7-9,12-16,29H,5-6,10-11H2,1-4H3,(H2,26,27,28);3-5,8,13H,1-2,6-7H2,(H2,12,14,15). The van der Waals surface area contributed by atoms with Crippen LogP contribution in [0.15, 0.2) is 70.5 Å². The number of hydrogen-bond donors (Lipinski definition) is 5. The van der Waals surface area contributed by atoms with Gasteiger partial charge in [0, 0.05) is 10.7 Å². The molecule has 2 saturated carbocycles. The predicted octanol–water partition coefficient (Wildman–Crippen LogP) is 6.95. The third-order valence-electron chi connectivity index (χ3n) is 9.12. The maximum atomic E-state index is 12.9. The summed E-state index contributed by atoms with van der Waals surface area (Å²) >= 11 is 6.27. The average molecular weight is 720 g/mol. The van der Waals surface area contributed by atoms with Crippen LogP contribution in [0.2, 0.25) is 5.02 Å². The van der Waals surface area contributed by atoms with E-state index >= 15 is 0 Å². The number of rotatable bonds is 8. The lowest BCUT2D eigenvalue weighted by atomic mass is 9.92. The van der Waals surface area contributed by atoms with Crippen molar-refractivity contribution in [2.45, 2.75) is 112 Å². The predicted molar refractivity (Wildman–Crippen MR) is 188 cm³/mol. The smallest absolute Gasteiger partial charge is 0.333 e. The van der Waals surface area contributed by atoms with E-state index < -0.39 is 37.3 Å². The number of urea groups is 1. The highest BCUT2D eigenvalue weighted by Crippen LogP contribution is 2.40. The number of hydrogen-bond acceptors (Lipinski definition) is 7. The number of nitrogens with two attached hydrogens (primary N) is 1. The van der Waals surface area contributed by atoms with E-state index in [0.717, 1.165) is 36.8 Å². The number of aliphatic hydroxyl groups is 2. The van der Waals surface area contributed by atoms with Gasteiger partial charge in [-0.1, -0.05) is 89.2 Å². The number of sulfonamides is 2. The van der Waals surface area contributed by atoms with Crippen molar-refractivity contribution in [3.63, 3.8) is 0 Å². The van der Waals surface area contributed by atoms with E-state index in [2.05, 4.69) is 10.0 Å². The number of carbonyl (C=O) groups is 1. The largest absolute Gasteiger partial charge is 0.385 e. The Morgan fingerprint density at radius 3 is 1.58 bits per heavy atom. The van der Waals surface area contributed by atoms with Crippen molar-refractivity contribution in [1.29, 1.82) is 0 Å². The fourth-order valence-electron chi connectivity index (χ4n) is 6.44. The van der Waals surface area contributed by atoms with E-state index in [9.17, 15) is 31.8 Å². The first-order valence-corrected chi connectivity index (χ1v) is 19.6. The van der Waals surface area contributed by atoms with E-state index in [1.54, 1.807) is 36.4 Å². The van der Waals surface area contributed by atoms with Crippen LogP contribution in [0.5, 0.6) is 0 Å². The molecule has 0 unspecified atom stereocenters. The Morgan fingerprint density at radius 2 is 1.17 bits per heavy atom. The number of amides is 2. The van der Waals surface area contributed by atoms with Crippen LogP contribution in [0.1, 0.15) is 113 Å². The molecule has 2 aliphatic rings. The zero-order chi connectivity index (χ0) is 35.5. The third-order valence-corrected chi connectivity index (χ3v) is 11.6. The average Bonchev–Trinajstić information content (AvgIpc) is 3.67. The number of carbonyl (C=O) groups excluding carboxylic acids is 1. The van der Waals surface area contributed by atoms with Crippen LogP contribution in [0.3, 0.4) is 0 Å². The Morgan fingerprint density at radius 1 is 0.750 bits per heavy atom. The molecule has 0 saturated heterocycles. The van der Waals surface area contributed by atoms with Gasteiger partial charge in [-0.15, -0.1) is 0 Å². The summed E-state index contributed by atoms with van der Waals surface area (Å²) in [6.07, 6.45) is 6.28. The molecule has 3 aromatic rings. The SMILES string of the molecule is CC(C)c1cc(Cl)cc(C(C)C)c1NC(=O)NS(=O)(=O)c1cccc(C2(O)CCCC2)c1.NS(=O)(=O)c1cccc(C2(O)CCCC2)c1. The van der Waals surface area contributed by atoms with Crippen molar-refractivity contribution in [2.24, 2.45) is 5.14 Å². The molecule has 0 heterocycles. The lowest BCUT2D eigenvalue weighted by molar-refractivity contribution is 0.0438. The molecule has 10 nitrogen and oxygen atoms in total. The third kappa shape index (κ3) is 8.96. The zero-order valence-electron chi connectivity index (χ0n) is 27.8. The lowest BCUT2D eigenvalue weighted by Gasteiger charge is -2.23. The summed E-state index contributed by atoms with van der Waals surface area (Å²) in [5.41, 5.74) is 1.55. The first-order chi connectivity index (χ1) is 22.3. The summed E-state index contributed by atoms with van der Waals surface area (Å²) in [6.45, 7) is 7.92. The Bertz CT molecular complexity index is 1820. The van der Waals surface area contributed by atoms with Crippen LogP contribution in [-0.2, 0) is 31.2 Å². The summed E-state index contributed by atoms with van der Waals surface area (Å²) < 4.78 is 50.3. The molecular formula is C35H46ClN3O7S2. The van der Waals surface area contributed by atoms with Crippen molar-refractivity contribution in [2.75, 3.05) is 5.32 Å². The maximum Gasteiger partial charge on any atom is 0.333 e. The summed E-state index contributed by atoms with van der Waals surface area (Å²) in [5.74, 6) is 0.142. The van der Waals surface area contributed by atoms with Gasteiger partial charge in [0.15, 0.2) is 0 Å². The molecule has 2 fully saturated rings. The molecule has 262 valence electrons. The van der Waals surface area contributed by atoms with Crippen molar-refractivity contribution in [3.8, 4) is 0 Å². The molecule has 0 spiro atoms. The van der Waals surface area contributed by atoms with Crippen LogP contribution >= 0.6 is 11.6 Å². The van der Waals surface area contributed by atoms with Crippen molar-refractivity contribution < 1.29 is 31.8 Å². The van der Waals surface area contributed by atoms with Gasteiger partial charge < -0.3 is 15.5 Å². The number of nitrogens with one attached hydrogen (secondary N) is 2. The topological polar surface area (TPSA) is 176 Å². The molecule has 2 amide bonds. The number of benzene rings is 3. The first-order valence-electron chi connectivity index (χ1n) is 16.2. The van der Waals surface area contributed by atoms with Gasteiger partial charge in [-0.05, 0) is 96.2 Å². The fourth-order valence-corrected chi connectivity index (χ4v) is 8.18. The Labute approximate surface area is 289 Å². The number of halogens is 1. The molecular weight excluding hydrogens is 674 g/mol. The van der Waals surface area contributed by atoms with Crippen LogP contribution in [0.25, 0.3) is 0 Å². The highest BCUT2D eigenvalue weighted by atomic mass is 35.5. The Balaban J connectivity index is 0.000000271. The summed E-state index contributed by atoms with van der Waals surface area (Å²) in [7, 11) is -7.82. The van der Waals surface area contributed by atoms with Gasteiger partial charge in [0.1, 0.15) is 0 Å². The zero-order valence-corrected chi connectivity index (χ0v) is 30.2. The second-order valence-corrected chi connectivity index (χ2v) is 17.1. The maximum absolute atomic E-state index is 12.9. The minimum Gasteiger partial charge on any atom is -0.385 e. The Hall–Kier alpha value is -3.00. The van der Waals surface area contributed by atoms with Gasteiger partial charge in [0.2, 0.25) is 10.0 Å². The van der Waals surface area contributed by atoms with Crippen LogP contribution < -0.4 is 15.2 Å². The molecule has 0 aliphatic heterocycles. The van der Waals surface area contributed by atoms with Gasteiger partial charge in [-0.25, -0.2) is 31.5 Å². The minimum absolute atomic E-state index is 0.0604. The van der Waals surface area contributed by atoms with Crippen molar-refractivity contribution in [1.82, 2.24) is 4.72 Å². The van der Waals surface area contributed by atoms with Crippen LogP contribution in [-0.4, -0.2) is 33.1 Å². The molecule has 2 aliphatic carbocycles. The van der Waals surface area contributed by atoms with Gasteiger partial charge in [0.05, 0.1) is 21.0 Å². The van der Waals surface area contributed by atoms with Gasteiger partial charge in [-0.2, -0.15) is 0 Å². The molecule has 5 rings (SSSR count). The number of anilines is 1. The van der Waals surface area contributed by atoms with E-state index in [4.69, 9.17) is 16.7 Å². The van der Waals surface area contributed by atoms with E-state index in [1.165, 1.54) is 24.3 Å². The van der Waals surface area contributed by atoms with Crippen molar-refractivity contribution in [3.05, 3.63) is 87.9 Å². The quantitative estimate of drug-likeness (QED) is 0.167. The summed E-state index contributed by atoms with van der Waals surface area (Å²) in [4.78, 5) is 12.8. The monoisotopic (exact) mass is 719 g/mol. The minimum atomic E-state index is -4.13. The van der Waals surface area contributed by atoms with Crippen LogP contribution in [0, 0.1) is 0 Å². The Kier molecular flexibility index (Phi) is 11.7.